The summed E-state index contributed by atoms with van der Waals surface area (Å²) >= 11 is 0. The largest absolute Gasteiger partial charge is 0.456 e. The lowest BCUT2D eigenvalue weighted by Gasteiger charge is -2.30. The molecule has 0 bridgehead atoms. The lowest BCUT2D eigenvalue weighted by Crippen LogP contribution is -2.13. The van der Waals surface area contributed by atoms with Gasteiger partial charge in [0.25, 0.3) is 0 Å². The average Bonchev–Trinajstić information content (AvgIpc) is 3.76. The van der Waals surface area contributed by atoms with Crippen LogP contribution in [0, 0.1) is 0 Å². The molecule has 0 atom stereocenters. The molecule has 354 valence electrons. The van der Waals surface area contributed by atoms with E-state index in [0.29, 0.717) is 0 Å². The fourth-order valence-corrected chi connectivity index (χ4v) is 10.6. The van der Waals surface area contributed by atoms with Gasteiger partial charge in [-0.05, 0) is 139 Å². The quantitative estimate of drug-likeness (QED) is 0.144. The highest BCUT2D eigenvalue weighted by Gasteiger charge is 2.24. The zero-order valence-corrected chi connectivity index (χ0v) is 42.4. The van der Waals surface area contributed by atoms with E-state index in [2.05, 4.69) is 294 Å². The highest BCUT2D eigenvalue weighted by atomic mass is 16.3. The van der Waals surface area contributed by atoms with Crippen molar-refractivity contribution in [2.24, 2.45) is 0 Å². The van der Waals surface area contributed by atoms with E-state index in [1.165, 1.54) is 33.4 Å². The Morgan fingerprint density at radius 3 is 1.08 bits per heavy atom. The minimum absolute atomic E-state index is 0.0431. The SMILES string of the molecule is CC(C)(C)c1ccc(-c2ccccc2N(c2ccc3cc4c(cc3c2)oc2cc3cc(N(c5ccc(C(C)(C)C)cc5)c5ccccc5-c5ccccc5)ccc3cc24)c2ccccc2-c2ccccc2)cc1. The monoisotopic (exact) mass is 942 g/mol. The molecule has 3 nitrogen and oxygen atoms in total. The van der Waals surface area contributed by atoms with Gasteiger partial charge in [-0.3, -0.25) is 0 Å². The number of rotatable bonds is 9. The summed E-state index contributed by atoms with van der Waals surface area (Å²) in [4.78, 5) is 4.83. The molecular weight excluding hydrogens is 885 g/mol. The first-order valence-electron chi connectivity index (χ1n) is 25.5. The van der Waals surface area contributed by atoms with Crippen molar-refractivity contribution < 1.29 is 4.42 Å². The van der Waals surface area contributed by atoms with Crippen LogP contribution in [0.2, 0.25) is 0 Å². The zero-order valence-electron chi connectivity index (χ0n) is 42.4. The number of hydrogen-bond donors (Lipinski definition) is 0. The molecule has 12 rings (SSSR count). The van der Waals surface area contributed by atoms with Crippen molar-refractivity contribution in [1.82, 2.24) is 0 Å². The van der Waals surface area contributed by atoms with Crippen molar-refractivity contribution >= 4 is 77.6 Å². The third-order valence-electron chi connectivity index (χ3n) is 14.5. The van der Waals surface area contributed by atoms with Gasteiger partial charge in [-0.2, -0.15) is 0 Å². The number of hydrogen-bond acceptors (Lipinski definition) is 3. The van der Waals surface area contributed by atoms with Gasteiger partial charge in [-0.15, -0.1) is 0 Å². The average molecular weight is 943 g/mol. The molecule has 0 saturated carbocycles. The van der Waals surface area contributed by atoms with Crippen LogP contribution in [0.25, 0.3) is 76.9 Å². The molecule has 0 aliphatic heterocycles. The smallest absolute Gasteiger partial charge is 0.136 e. The van der Waals surface area contributed by atoms with E-state index in [1.807, 2.05) is 0 Å². The Hall–Kier alpha value is -8.66. The maximum atomic E-state index is 6.89. The van der Waals surface area contributed by atoms with E-state index in [0.717, 1.165) is 88.7 Å². The third kappa shape index (κ3) is 8.61. The summed E-state index contributed by atoms with van der Waals surface area (Å²) in [6, 6.07) is 88.6. The Balaban J connectivity index is 0.982. The Bertz CT molecular complexity index is 3970. The van der Waals surface area contributed by atoms with E-state index >= 15 is 0 Å². The molecule has 12 aromatic rings. The molecule has 0 spiro atoms. The van der Waals surface area contributed by atoms with Gasteiger partial charge in [0.2, 0.25) is 0 Å². The van der Waals surface area contributed by atoms with Gasteiger partial charge < -0.3 is 14.2 Å². The van der Waals surface area contributed by atoms with Crippen LogP contribution in [-0.4, -0.2) is 0 Å². The minimum Gasteiger partial charge on any atom is -0.456 e. The molecule has 1 heterocycles. The van der Waals surface area contributed by atoms with Gasteiger partial charge >= 0.3 is 0 Å². The number of nitrogens with zero attached hydrogens (tertiary/aromatic N) is 2. The van der Waals surface area contributed by atoms with Crippen molar-refractivity contribution in [3.63, 3.8) is 0 Å². The highest BCUT2D eigenvalue weighted by Crippen LogP contribution is 2.47. The van der Waals surface area contributed by atoms with Crippen molar-refractivity contribution in [3.8, 4) is 33.4 Å². The number of anilines is 6. The van der Waals surface area contributed by atoms with Crippen LogP contribution in [-0.2, 0) is 10.8 Å². The Labute approximate surface area is 429 Å². The second kappa shape index (κ2) is 18.2. The first-order valence-corrected chi connectivity index (χ1v) is 25.5. The Morgan fingerprint density at radius 2 is 0.644 bits per heavy atom. The van der Waals surface area contributed by atoms with Gasteiger partial charge in [0.1, 0.15) is 11.2 Å². The van der Waals surface area contributed by atoms with Gasteiger partial charge in [0, 0.05) is 44.5 Å². The van der Waals surface area contributed by atoms with E-state index in [1.54, 1.807) is 0 Å². The second-order valence-electron chi connectivity index (χ2n) is 21.4. The lowest BCUT2D eigenvalue weighted by molar-refractivity contribution is 0.590. The van der Waals surface area contributed by atoms with Crippen LogP contribution in [0.15, 0.2) is 247 Å². The molecule has 11 aromatic carbocycles. The van der Waals surface area contributed by atoms with Gasteiger partial charge in [0.05, 0.1) is 17.1 Å². The van der Waals surface area contributed by atoms with Crippen LogP contribution in [0.3, 0.4) is 0 Å². The van der Waals surface area contributed by atoms with Gasteiger partial charge in [-0.1, -0.05) is 205 Å². The number of fused-ring (bicyclic) bond motifs is 5. The van der Waals surface area contributed by atoms with Crippen LogP contribution < -0.4 is 9.80 Å². The molecule has 3 heteroatoms. The van der Waals surface area contributed by atoms with E-state index < -0.39 is 0 Å². The first-order chi connectivity index (χ1) is 35.4. The van der Waals surface area contributed by atoms with Crippen LogP contribution in [0.1, 0.15) is 52.7 Å². The first kappa shape index (κ1) is 45.5. The summed E-state index contributed by atoms with van der Waals surface area (Å²) in [6.07, 6.45) is 0. The van der Waals surface area contributed by atoms with Crippen molar-refractivity contribution in [2.75, 3.05) is 9.80 Å². The van der Waals surface area contributed by atoms with Gasteiger partial charge in [0.15, 0.2) is 0 Å². The molecule has 0 radical (unpaired) electrons. The van der Waals surface area contributed by atoms with E-state index in [4.69, 9.17) is 4.42 Å². The molecular formula is C70H58N2O. The summed E-state index contributed by atoms with van der Waals surface area (Å²) in [5.41, 5.74) is 18.0. The third-order valence-corrected chi connectivity index (χ3v) is 14.5. The molecule has 0 N–H and O–H groups in total. The predicted octanol–water partition coefficient (Wildman–Crippen LogP) is 20.4. The maximum absolute atomic E-state index is 6.89. The second-order valence-corrected chi connectivity index (χ2v) is 21.4. The van der Waals surface area contributed by atoms with E-state index in [9.17, 15) is 0 Å². The van der Waals surface area contributed by atoms with Crippen LogP contribution >= 0.6 is 0 Å². The maximum Gasteiger partial charge on any atom is 0.136 e. The summed E-state index contributed by atoms with van der Waals surface area (Å²) in [5, 5.41) is 6.75. The summed E-state index contributed by atoms with van der Waals surface area (Å²) in [6.45, 7) is 13.6. The molecule has 0 aliphatic rings. The van der Waals surface area contributed by atoms with Crippen molar-refractivity contribution in [3.05, 3.63) is 254 Å². The molecule has 0 amide bonds. The molecule has 0 saturated heterocycles. The number of furan rings is 1. The molecule has 0 aliphatic carbocycles. The zero-order chi connectivity index (χ0) is 49.8. The Morgan fingerprint density at radius 1 is 0.288 bits per heavy atom. The van der Waals surface area contributed by atoms with Crippen molar-refractivity contribution in [2.45, 2.75) is 52.4 Å². The standard InChI is InChI=1S/C70H58N2O/c1-69(2,3)54-33-29-49(30-34-54)61-25-15-18-28-66(61)72(65-27-17-14-24-60(65)48-21-11-8-12-22-48)58-38-32-51-44-63-62-43-50-31-37-57(41-52(50)45-67(62)73-68(63)46-53(51)42-58)71(56-39-35-55(36-40-56)70(4,5)6)64-26-16-13-23-59(64)47-19-9-7-10-20-47/h7-46H,1-6H3. The molecule has 0 fully saturated rings. The Kier molecular flexibility index (Phi) is 11.3. The molecule has 0 unspecified atom stereocenters. The highest BCUT2D eigenvalue weighted by molar-refractivity contribution is 6.14. The fourth-order valence-electron chi connectivity index (χ4n) is 10.6. The fraction of sp³-hybridized carbons (Fsp3) is 0.114. The summed E-state index contributed by atoms with van der Waals surface area (Å²) in [7, 11) is 0. The van der Waals surface area contributed by atoms with Crippen LogP contribution in [0.5, 0.6) is 0 Å². The normalized spacial score (nSPS) is 12.0. The molecule has 73 heavy (non-hydrogen) atoms. The summed E-state index contributed by atoms with van der Waals surface area (Å²) < 4.78 is 6.89. The number of para-hydroxylation sites is 3. The molecule has 1 aromatic heterocycles. The van der Waals surface area contributed by atoms with Crippen LogP contribution in [0.4, 0.5) is 34.1 Å². The van der Waals surface area contributed by atoms with Crippen molar-refractivity contribution in [1.29, 1.82) is 0 Å². The van der Waals surface area contributed by atoms with Gasteiger partial charge in [-0.25, -0.2) is 0 Å². The number of benzene rings is 11. The lowest BCUT2D eigenvalue weighted by atomic mass is 9.86. The predicted molar refractivity (Wildman–Crippen MR) is 312 cm³/mol. The summed E-state index contributed by atoms with van der Waals surface area (Å²) in [5.74, 6) is 0. The minimum atomic E-state index is 0.0431. The topological polar surface area (TPSA) is 19.6 Å². The van der Waals surface area contributed by atoms with E-state index in [-0.39, 0.29) is 10.8 Å².